The molecule has 10 heteroatoms. The maximum Gasteiger partial charge on any atom is 0.301 e. The molecule has 0 spiro atoms. The fraction of sp³-hybridized carbons (Fsp3) is 0.480. The lowest BCUT2D eigenvalue weighted by Gasteiger charge is -2.21. The fourth-order valence-electron chi connectivity index (χ4n) is 5.07. The number of methoxy groups -OCH3 is 2. The number of carbonyl (C=O) groups excluding carboxylic acids is 1. The van der Waals surface area contributed by atoms with Gasteiger partial charge in [-0.15, -0.1) is 0 Å². The molecule has 4 atom stereocenters. The van der Waals surface area contributed by atoms with E-state index in [1.54, 1.807) is 49.5 Å². The van der Waals surface area contributed by atoms with Crippen molar-refractivity contribution in [2.75, 3.05) is 45.1 Å². The zero-order valence-corrected chi connectivity index (χ0v) is 21.0. The highest BCUT2D eigenvalue weighted by atomic mass is 32.2. The van der Waals surface area contributed by atoms with E-state index < -0.39 is 16.3 Å². The summed E-state index contributed by atoms with van der Waals surface area (Å²) in [7, 11) is -0.458. The van der Waals surface area contributed by atoms with Crippen LogP contribution in [0, 0.1) is 18.8 Å². The van der Waals surface area contributed by atoms with Gasteiger partial charge < -0.3 is 19.1 Å². The first kappa shape index (κ1) is 23.9. The van der Waals surface area contributed by atoms with E-state index in [1.807, 2.05) is 19.1 Å². The van der Waals surface area contributed by atoms with E-state index in [0.717, 1.165) is 12.0 Å². The number of amides is 1. The maximum absolute atomic E-state index is 13.3. The first-order chi connectivity index (χ1) is 16.8. The Morgan fingerprint density at radius 1 is 1.00 bits per heavy atom. The van der Waals surface area contributed by atoms with Crippen LogP contribution in [0.3, 0.4) is 0 Å². The topological polar surface area (TPSA) is 97.4 Å². The van der Waals surface area contributed by atoms with E-state index in [2.05, 4.69) is 4.72 Å². The van der Waals surface area contributed by atoms with E-state index in [1.165, 1.54) is 4.31 Å². The van der Waals surface area contributed by atoms with Gasteiger partial charge in [0.1, 0.15) is 23.7 Å². The number of nitrogens with one attached hydrogen (secondary N) is 1. The minimum atomic E-state index is -3.60. The number of anilines is 1. The average Bonchev–Trinajstić information content (AvgIpc) is 3.23. The van der Waals surface area contributed by atoms with Crippen molar-refractivity contribution >= 4 is 21.8 Å². The lowest BCUT2D eigenvalue weighted by atomic mass is 10.1. The van der Waals surface area contributed by atoms with Crippen molar-refractivity contribution in [1.29, 1.82) is 0 Å². The van der Waals surface area contributed by atoms with Gasteiger partial charge in [-0.1, -0.05) is 18.2 Å². The first-order valence-corrected chi connectivity index (χ1v) is 13.2. The van der Waals surface area contributed by atoms with Crippen LogP contribution in [0.2, 0.25) is 0 Å². The Labute approximate surface area is 206 Å². The smallest absolute Gasteiger partial charge is 0.301 e. The van der Waals surface area contributed by atoms with Crippen LogP contribution in [-0.2, 0) is 14.9 Å². The minimum absolute atomic E-state index is 0.140. The third-order valence-corrected chi connectivity index (χ3v) is 8.60. The molecule has 3 fully saturated rings. The van der Waals surface area contributed by atoms with Gasteiger partial charge in [0.05, 0.1) is 31.5 Å². The van der Waals surface area contributed by atoms with Crippen molar-refractivity contribution in [2.24, 2.45) is 11.8 Å². The summed E-state index contributed by atoms with van der Waals surface area (Å²) in [6.07, 6.45) is 0.398. The van der Waals surface area contributed by atoms with Crippen LogP contribution in [0.15, 0.2) is 42.5 Å². The van der Waals surface area contributed by atoms with Crippen LogP contribution < -0.4 is 14.2 Å². The number of aryl methyl sites for hydroxylation is 1. The average molecular weight is 502 g/mol. The van der Waals surface area contributed by atoms with Gasteiger partial charge >= 0.3 is 10.2 Å². The predicted octanol–water partition coefficient (Wildman–Crippen LogP) is 2.53. The molecule has 0 radical (unpaired) electrons. The number of piperidine rings is 1. The molecule has 2 aromatic carbocycles. The third-order valence-electron chi connectivity index (χ3n) is 7.13. The molecule has 2 unspecified atom stereocenters. The highest BCUT2D eigenvalue weighted by molar-refractivity contribution is 7.90. The number of benzene rings is 2. The number of rotatable bonds is 8. The van der Waals surface area contributed by atoms with Crippen LogP contribution in [0.4, 0.5) is 5.69 Å². The Hall–Kier alpha value is -2.82. The van der Waals surface area contributed by atoms with Gasteiger partial charge in [-0.05, 0) is 48.9 Å². The molecule has 1 N–H and O–H groups in total. The molecule has 3 aliphatic rings. The number of fused-ring (bicyclic) bond motifs is 1. The molecule has 1 amide bonds. The predicted molar refractivity (Wildman–Crippen MR) is 131 cm³/mol. The quantitative estimate of drug-likeness (QED) is 0.597. The molecule has 2 aromatic rings. The van der Waals surface area contributed by atoms with Crippen LogP contribution in [0.25, 0.3) is 0 Å². The Bertz CT molecular complexity index is 1210. The standard InChI is InChI=1S/C25H31N3O6S/c1-16-6-4-9-21(32-2)24(16)25(29)27-14-22(33-3)23(15-27)34-20-8-5-7-19(11-20)26-35(30,31)28-12-17-10-18(17)13-28/h4-9,11,17-18,22-23,26H,10,12-15H2,1-3H3/t17?,18?,22-,23-/m1/s1. The Morgan fingerprint density at radius 3 is 2.43 bits per heavy atom. The zero-order valence-electron chi connectivity index (χ0n) is 20.1. The highest BCUT2D eigenvalue weighted by Crippen LogP contribution is 2.45. The van der Waals surface area contributed by atoms with Gasteiger partial charge in [0.25, 0.3) is 5.91 Å². The second-order valence-electron chi connectivity index (χ2n) is 9.50. The Morgan fingerprint density at radius 2 is 1.71 bits per heavy atom. The first-order valence-electron chi connectivity index (χ1n) is 11.8. The number of carbonyl (C=O) groups is 1. The van der Waals surface area contributed by atoms with Gasteiger partial charge in [-0.3, -0.25) is 9.52 Å². The maximum atomic E-state index is 13.3. The summed E-state index contributed by atoms with van der Waals surface area (Å²) in [6, 6.07) is 12.4. The number of nitrogens with zero attached hydrogens (tertiary/aromatic N) is 2. The summed E-state index contributed by atoms with van der Waals surface area (Å²) in [5, 5.41) is 0. The second kappa shape index (κ2) is 9.33. The molecule has 188 valence electrons. The van der Waals surface area contributed by atoms with Gasteiger partial charge in [0.2, 0.25) is 0 Å². The molecule has 1 aliphatic carbocycles. The molecule has 5 rings (SSSR count). The summed E-state index contributed by atoms with van der Waals surface area (Å²) in [5.74, 6) is 1.92. The largest absolute Gasteiger partial charge is 0.496 e. The summed E-state index contributed by atoms with van der Waals surface area (Å²) in [4.78, 5) is 15.0. The SMILES string of the molecule is COc1cccc(C)c1C(=O)N1C[C@@H](OC)[C@H](Oc2cccc(NS(=O)(=O)N3CC4CC4C3)c2)C1. The van der Waals surface area contributed by atoms with Crippen molar-refractivity contribution in [1.82, 2.24) is 9.21 Å². The molecule has 2 aliphatic heterocycles. The fourth-order valence-corrected chi connectivity index (χ4v) is 6.39. The number of likely N-dealkylation sites (tertiary alicyclic amines) is 1. The third kappa shape index (κ3) is 4.82. The van der Waals surface area contributed by atoms with Crippen LogP contribution in [0.5, 0.6) is 11.5 Å². The second-order valence-corrected chi connectivity index (χ2v) is 11.2. The number of ether oxygens (including phenoxy) is 3. The highest BCUT2D eigenvalue weighted by Gasteiger charge is 2.48. The lowest BCUT2D eigenvalue weighted by molar-refractivity contribution is 0.0340. The van der Waals surface area contributed by atoms with Gasteiger partial charge in [-0.2, -0.15) is 12.7 Å². The molecule has 2 saturated heterocycles. The number of hydrogen-bond donors (Lipinski definition) is 1. The molecule has 0 aromatic heterocycles. The van der Waals surface area contributed by atoms with E-state index in [0.29, 0.717) is 60.8 Å². The van der Waals surface area contributed by atoms with Crippen molar-refractivity contribution in [3.05, 3.63) is 53.6 Å². The van der Waals surface area contributed by atoms with Crippen LogP contribution in [0.1, 0.15) is 22.3 Å². The van der Waals surface area contributed by atoms with E-state index in [-0.39, 0.29) is 12.0 Å². The number of hydrogen-bond acceptors (Lipinski definition) is 6. The molecule has 35 heavy (non-hydrogen) atoms. The van der Waals surface area contributed by atoms with E-state index >= 15 is 0 Å². The Kier molecular flexibility index (Phi) is 6.37. The summed E-state index contributed by atoms with van der Waals surface area (Å²) >= 11 is 0. The van der Waals surface area contributed by atoms with Gasteiger partial charge in [0.15, 0.2) is 0 Å². The van der Waals surface area contributed by atoms with E-state index in [4.69, 9.17) is 14.2 Å². The summed E-state index contributed by atoms with van der Waals surface area (Å²) in [6.45, 7) is 3.76. The van der Waals surface area contributed by atoms with Crippen molar-refractivity contribution < 1.29 is 27.4 Å². The molecular weight excluding hydrogens is 470 g/mol. The zero-order chi connectivity index (χ0) is 24.7. The van der Waals surface area contributed by atoms with Gasteiger partial charge in [0, 0.05) is 26.3 Å². The van der Waals surface area contributed by atoms with Crippen molar-refractivity contribution in [2.45, 2.75) is 25.6 Å². The van der Waals surface area contributed by atoms with Crippen LogP contribution >= 0.6 is 0 Å². The molecule has 9 nitrogen and oxygen atoms in total. The Balaban J connectivity index is 1.27. The molecule has 1 saturated carbocycles. The molecule has 2 heterocycles. The van der Waals surface area contributed by atoms with Gasteiger partial charge in [-0.25, -0.2) is 0 Å². The lowest BCUT2D eigenvalue weighted by Crippen LogP contribution is -2.35. The summed E-state index contributed by atoms with van der Waals surface area (Å²) in [5.41, 5.74) is 1.80. The normalized spacial score (nSPS) is 25.9. The van der Waals surface area contributed by atoms with E-state index in [9.17, 15) is 13.2 Å². The van der Waals surface area contributed by atoms with Crippen LogP contribution in [-0.4, -0.2) is 76.1 Å². The summed E-state index contributed by atoms with van der Waals surface area (Å²) < 4.78 is 46.9. The van der Waals surface area contributed by atoms with Crippen molar-refractivity contribution in [3.8, 4) is 11.5 Å². The molecular formula is C25H31N3O6S. The monoisotopic (exact) mass is 501 g/mol. The molecule has 0 bridgehead atoms. The van der Waals surface area contributed by atoms with Crippen molar-refractivity contribution in [3.63, 3.8) is 0 Å². The minimum Gasteiger partial charge on any atom is -0.496 e.